The molecule has 2 heterocycles. The molecular formula is C18H23N5O3. The van der Waals surface area contributed by atoms with Crippen LogP contribution in [0.25, 0.3) is 0 Å². The zero-order valence-electron chi connectivity index (χ0n) is 15.2. The van der Waals surface area contributed by atoms with E-state index in [1.54, 1.807) is 23.1 Å². The van der Waals surface area contributed by atoms with E-state index >= 15 is 0 Å². The van der Waals surface area contributed by atoms with Crippen LogP contribution in [0.2, 0.25) is 0 Å². The number of carbonyl (C=O) groups is 2. The van der Waals surface area contributed by atoms with E-state index in [1.807, 2.05) is 30.9 Å². The quantitative estimate of drug-likeness (QED) is 0.769. The first kappa shape index (κ1) is 17.9. The topological polar surface area (TPSA) is 80.6 Å². The highest BCUT2D eigenvalue weighted by Gasteiger charge is 2.31. The van der Waals surface area contributed by atoms with Gasteiger partial charge in [-0.1, -0.05) is 0 Å². The summed E-state index contributed by atoms with van der Waals surface area (Å²) < 4.78 is 6.30. The van der Waals surface area contributed by atoms with Gasteiger partial charge >= 0.3 is 5.97 Å². The molecule has 1 aliphatic heterocycles. The van der Waals surface area contributed by atoms with Gasteiger partial charge in [0.15, 0.2) is 0 Å². The molecule has 2 aromatic rings. The number of anilines is 1. The van der Waals surface area contributed by atoms with Gasteiger partial charge in [-0.15, -0.1) is 0 Å². The summed E-state index contributed by atoms with van der Waals surface area (Å²) in [5, 5.41) is 4.06. The lowest BCUT2D eigenvalue weighted by molar-refractivity contribution is -0.137. The number of methoxy groups -OCH3 is 1. The molecule has 1 aromatic carbocycles. The average Bonchev–Trinajstić information content (AvgIpc) is 3.21. The number of amides is 1. The molecule has 0 aliphatic carbocycles. The number of aromatic nitrogens is 3. The van der Waals surface area contributed by atoms with Crippen LogP contribution in [0.1, 0.15) is 30.2 Å². The lowest BCUT2D eigenvalue weighted by Gasteiger charge is -2.41. The van der Waals surface area contributed by atoms with Gasteiger partial charge in [0.05, 0.1) is 12.7 Å². The Morgan fingerprint density at radius 3 is 2.54 bits per heavy atom. The number of piperazine rings is 1. The van der Waals surface area contributed by atoms with Crippen molar-refractivity contribution in [2.75, 3.05) is 31.6 Å². The molecule has 1 aromatic heterocycles. The molecule has 3 rings (SSSR count). The van der Waals surface area contributed by atoms with Crippen LogP contribution in [0.3, 0.4) is 0 Å². The van der Waals surface area contributed by atoms with Crippen LogP contribution in [0, 0.1) is 0 Å². The first-order chi connectivity index (χ1) is 12.5. The molecule has 1 fully saturated rings. The Kier molecular flexibility index (Phi) is 5.20. The lowest BCUT2D eigenvalue weighted by atomic mass is 10.1. The van der Waals surface area contributed by atoms with Crippen LogP contribution in [0.4, 0.5) is 5.69 Å². The van der Waals surface area contributed by atoms with Crippen molar-refractivity contribution in [3.63, 3.8) is 0 Å². The molecule has 8 nitrogen and oxygen atoms in total. The molecule has 0 radical (unpaired) electrons. The van der Waals surface area contributed by atoms with Crippen molar-refractivity contribution >= 4 is 17.6 Å². The molecule has 1 aliphatic rings. The average molecular weight is 357 g/mol. The number of ether oxygens (including phenoxy) is 1. The summed E-state index contributed by atoms with van der Waals surface area (Å²) in [6.07, 6.45) is 3.00. The van der Waals surface area contributed by atoms with Crippen LogP contribution in [-0.4, -0.2) is 64.3 Å². The number of rotatable bonds is 4. The van der Waals surface area contributed by atoms with Gasteiger partial charge in [0.1, 0.15) is 18.7 Å². The number of carbonyl (C=O) groups excluding carboxylic acids is 2. The summed E-state index contributed by atoms with van der Waals surface area (Å²) in [6.45, 7) is 5.98. The summed E-state index contributed by atoms with van der Waals surface area (Å²) in [4.78, 5) is 32.3. The van der Waals surface area contributed by atoms with Crippen molar-refractivity contribution in [2.24, 2.45) is 0 Å². The SMILES string of the molecule is COC(=O)c1ccc(N2CCN(C(=O)[C@H](C)n3cncn3)[C@H](C)C2)cc1. The molecule has 0 unspecified atom stereocenters. The lowest BCUT2D eigenvalue weighted by Crippen LogP contribution is -2.55. The predicted molar refractivity (Wildman–Crippen MR) is 95.9 cm³/mol. The van der Waals surface area contributed by atoms with Crippen molar-refractivity contribution in [3.8, 4) is 0 Å². The molecular weight excluding hydrogens is 334 g/mol. The Bertz CT molecular complexity index is 760. The van der Waals surface area contributed by atoms with E-state index in [9.17, 15) is 9.59 Å². The van der Waals surface area contributed by atoms with E-state index in [4.69, 9.17) is 4.74 Å². The Morgan fingerprint density at radius 1 is 1.23 bits per heavy atom. The highest BCUT2D eigenvalue weighted by Crippen LogP contribution is 2.22. The van der Waals surface area contributed by atoms with Crippen molar-refractivity contribution in [2.45, 2.75) is 25.9 Å². The Morgan fingerprint density at radius 2 is 1.96 bits per heavy atom. The number of esters is 1. The molecule has 26 heavy (non-hydrogen) atoms. The van der Waals surface area contributed by atoms with Crippen LogP contribution in [0.15, 0.2) is 36.9 Å². The van der Waals surface area contributed by atoms with Crippen molar-refractivity contribution in [1.82, 2.24) is 19.7 Å². The monoisotopic (exact) mass is 357 g/mol. The van der Waals surface area contributed by atoms with Gasteiger partial charge < -0.3 is 14.5 Å². The first-order valence-corrected chi connectivity index (χ1v) is 8.59. The number of nitrogens with zero attached hydrogens (tertiary/aromatic N) is 5. The van der Waals surface area contributed by atoms with Crippen LogP contribution in [0.5, 0.6) is 0 Å². The van der Waals surface area contributed by atoms with Crippen molar-refractivity contribution in [3.05, 3.63) is 42.5 Å². The van der Waals surface area contributed by atoms with E-state index in [1.165, 1.54) is 13.4 Å². The first-order valence-electron chi connectivity index (χ1n) is 8.59. The molecule has 0 N–H and O–H groups in total. The minimum atomic E-state index is -0.370. The van der Waals surface area contributed by atoms with Gasteiger partial charge in [-0.3, -0.25) is 4.79 Å². The molecule has 138 valence electrons. The highest BCUT2D eigenvalue weighted by molar-refractivity contribution is 5.89. The minimum absolute atomic E-state index is 0.0451. The van der Waals surface area contributed by atoms with Crippen LogP contribution >= 0.6 is 0 Å². The van der Waals surface area contributed by atoms with E-state index in [0.717, 1.165) is 18.8 Å². The maximum absolute atomic E-state index is 12.8. The van der Waals surface area contributed by atoms with Gasteiger partial charge in [-0.25, -0.2) is 14.5 Å². The van der Waals surface area contributed by atoms with Crippen molar-refractivity contribution < 1.29 is 14.3 Å². The second kappa shape index (κ2) is 7.55. The van der Waals surface area contributed by atoms with E-state index in [-0.39, 0.29) is 24.0 Å². The highest BCUT2D eigenvalue weighted by atomic mass is 16.5. The second-order valence-corrected chi connectivity index (χ2v) is 6.42. The third-order valence-electron chi connectivity index (χ3n) is 4.75. The van der Waals surface area contributed by atoms with Gasteiger partial charge in [0.2, 0.25) is 5.91 Å². The number of hydrogen-bond acceptors (Lipinski definition) is 6. The Balaban J connectivity index is 1.64. The largest absolute Gasteiger partial charge is 0.465 e. The second-order valence-electron chi connectivity index (χ2n) is 6.42. The third-order valence-corrected chi connectivity index (χ3v) is 4.75. The van der Waals surface area contributed by atoms with E-state index in [0.29, 0.717) is 12.1 Å². The van der Waals surface area contributed by atoms with Gasteiger partial charge in [-0.2, -0.15) is 5.10 Å². The summed E-state index contributed by atoms with van der Waals surface area (Å²) >= 11 is 0. The fraction of sp³-hybridized carbons (Fsp3) is 0.444. The molecule has 0 saturated carbocycles. The molecule has 0 bridgehead atoms. The summed E-state index contributed by atoms with van der Waals surface area (Å²) in [7, 11) is 1.37. The standard InChI is InChI=1S/C18H23N5O3/c1-13-10-21(16-6-4-15(5-7-16)18(25)26-3)8-9-22(13)17(24)14(2)23-12-19-11-20-23/h4-7,11-14H,8-10H2,1-3H3/t13-,14+/m1/s1. The normalized spacial score (nSPS) is 18.5. The van der Waals surface area contributed by atoms with Gasteiger partial charge in [0.25, 0.3) is 0 Å². The summed E-state index contributed by atoms with van der Waals surface area (Å²) in [5.74, 6) is -0.300. The molecule has 8 heteroatoms. The summed E-state index contributed by atoms with van der Waals surface area (Å²) in [6, 6.07) is 7.04. The molecule has 0 spiro atoms. The smallest absolute Gasteiger partial charge is 0.337 e. The fourth-order valence-electron chi connectivity index (χ4n) is 3.22. The van der Waals surface area contributed by atoms with Crippen LogP contribution < -0.4 is 4.90 Å². The van der Waals surface area contributed by atoms with E-state index in [2.05, 4.69) is 15.0 Å². The maximum atomic E-state index is 12.8. The number of benzene rings is 1. The third kappa shape index (κ3) is 3.54. The zero-order valence-corrected chi connectivity index (χ0v) is 15.2. The van der Waals surface area contributed by atoms with Gasteiger partial charge in [0, 0.05) is 31.4 Å². The minimum Gasteiger partial charge on any atom is -0.465 e. The Labute approximate surface area is 152 Å². The Hall–Kier alpha value is -2.90. The van der Waals surface area contributed by atoms with Gasteiger partial charge in [-0.05, 0) is 38.1 Å². The zero-order chi connectivity index (χ0) is 18.7. The maximum Gasteiger partial charge on any atom is 0.337 e. The molecule has 2 atom stereocenters. The summed E-state index contributed by atoms with van der Waals surface area (Å²) in [5.41, 5.74) is 1.56. The van der Waals surface area contributed by atoms with Crippen molar-refractivity contribution in [1.29, 1.82) is 0 Å². The van der Waals surface area contributed by atoms with Crippen LogP contribution in [-0.2, 0) is 9.53 Å². The molecule has 1 saturated heterocycles. The number of hydrogen-bond donors (Lipinski definition) is 0. The van der Waals surface area contributed by atoms with E-state index < -0.39 is 0 Å². The predicted octanol–water partition coefficient (Wildman–Crippen LogP) is 1.36. The fourth-order valence-corrected chi connectivity index (χ4v) is 3.22. The molecule has 1 amide bonds.